The highest BCUT2D eigenvalue weighted by atomic mass is 35.5. The minimum Gasteiger partial charge on any atom is -0.487 e. The first-order chi connectivity index (χ1) is 13.5. The van der Waals surface area contributed by atoms with Crippen LogP contribution in [0.4, 0.5) is 0 Å². The first-order valence-electron chi connectivity index (χ1n) is 8.62. The van der Waals surface area contributed by atoms with Gasteiger partial charge in [-0.3, -0.25) is 24.4 Å². The van der Waals surface area contributed by atoms with Crippen LogP contribution < -0.4 is 15.9 Å². The highest BCUT2D eigenvalue weighted by Crippen LogP contribution is 2.19. The minimum atomic E-state index is -0.241. The molecule has 142 valence electrons. The fourth-order valence-corrected chi connectivity index (χ4v) is 3.21. The number of rotatable bonds is 5. The molecule has 0 saturated heterocycles. The van der Waals surface area contributed by atoms with E-state index in [-0.39, 0.29) is 24.3 Å². The molecule has 0 spiro atoms. The number of hydrogen-bond donors (Lipinski definition) is 1. The van der Waals surface area contributed by atoms with Crippen molar-refractivity contribution in [2.24, 2.45) is 7.05 Å². The van der Waals surface area contributed by atoms with Gasteiger partial charge in [-0.05, 0) is 36.4 Å². The van der Waals surface area contributed by atoms with Crippen LogP contribution >= 0.6 is 11.6 Å². The summed E-state index contributed by atoms with van der Waals surface area (Å²) in [5.74, 6) is 0.589. The van der Waals surface area contributed by atoms with Crippen molar-refractivity contribution < 1.29 is 4.74 Å². The number of halogens is 1. The van der Waals surface area contributed by atoms with Gasteiger partial charge in [0.2, 0.25) is 0 Å². The van der Waals surface area contributed by atoms with Gasteiger partial charge in [-0.25, -0.2) is 0 Å². The summed E-state index contributed by atoms with van der Waals surface area (Å²) in [6.07, 6.45) is 1.66. The van der Waals surface area contributed by atoms with Crippen molar-refractivity contribution in [2.45, 2.75) is 13.2 Å². The summed E-state index contributed by atoms with van der Waals surface area (Å²) in [5.41, 5.74) is 1.22. The fourth-order valence-electron chi connectivity index (χ4n) is 3.08. The molecule has 28 heavy (non-hydrogen) atoms. The Morgan fingerprint density at radius 2 is 1.93 bits per heavy atom. The van der Waals surface area contributed by atoms with Crippen molar-refractivity contribution >= 4 is 22.5 Å². The van der Waals surface area contributed by atoms with Crippen LogP contribution in [0.25, 0.3) is 10.9 Å². The lowest BCUT2D eigenvalue weighted by Gasteiger charge is -2.14. The predicted octanol–water partition coefficient (Wildman–Crippen LogP) is 2.70. The zero-order valence-corrected chi connectivity index (χ0v) is 15.8. The molecule has 1 N–H and O–H groups in total. The SMILES string of the molecule is Cn1[nH]c2cc(=O)n(Cc3ccccn3)c(COc3ccc(Cl)cc3)c2c1=O. The minimum absolute atomic E-state index is 0.0497. The molecule has 1 aromatic carbocycles. The molecule has 8 heteroatoms. The van der Waals surface area contributed by atoms with Gasteiger partial charge in [0.25, 0.3) is 11.1 Å². The summed E-state index contributed by atoms with van der Waals surface area (Å²) in [5, 5.41) is 3.93. The first kappa shape index (κ1) is 18.1. The Labute approximate surface area is 164 Å². The van der Waals surface area contributed by atoms with E-state index in [9.17, 15) is 9.59 Å². The summed E-state index contributed by atoms with van der Waals surface area (Å²) in [7, 11) is 1.61. The third-order valence-electron chi connectivity index (χ3n) is 4.46. The van der Waals surface area contributed by atoms with Crippen LogP contribution in [-0.2, 0) is 20.2 Å². The second-order valence-corrected chi connectivity index (χ2v) is 6.78. The molecule has 3 heterocycles. The maximum absolute atomic E-state index is 12.8. The van der Waals surface area contributed by atoms with Crippen LogP contribution in [-0.4, -0.2) is 19.3 Å². The lowest BCUT2D eigenvalue weighted by molar-refractivity contribution is 0.295. The molecule has 0 aliphatic rings. The van der Waals surface area contributed by atoms with E-state index in [1.165, 1.54) is 15.3 Å². The number of hydrogen-bond acceptors (Lipinski definition) is 4. The Morgan fingerprint density at radius 3 is 2.64 bits per heavy atom. The average molecular weight is 397 g/mol. The summed E-state index contributed by atoms with van der Waals surface area (Å²) >= 11 is 5.91. The molecule has 3 aromatic heterocycles. The molecule has 0 unspecified atom stereocenters. The van der Waals surface area contributed by atoms with Crippen molar-refractivity contribution in [3.8, 4) is 5.75 Å². The Balaban J connectivity index is 1.82. The maximum Gasteiger partial charge on any atom is 0.276 e. The first-order valence-corrected chi connectivity index (χ1v) is 9.00. The van der Waals surface area contributed by atoms with Gasteiger partial charge in [0.15, 0.2) is 0 Å². The van der Waals surface area contributed by atoms with E-state index in [2.05, 4.69) is 10.1 Å². The Morgan fingerprint density at radius 1 is 1.14 bits per heavy atom. The van der Waals surface area contributed by atoms with E-state index >= 15 is 0 Å². The molecule has 0 bridgehead atoms. The molecule has 0 aliphatic carbocycles. The van der Waals surface area contributed by atoms with Crippen LogP contribution in [0.3, 0.4) is 0 Å². The zero-order chi connectivity index (χ0) is 19.7. The second-order valence-electron chi connectivity index (χ2n) is 6.34. The number of pyridine rings is 2. The lowest BCUT2D eigenvalue weighted by Crippen LogP contribution is -2.26. The smallest absolute Gasteiger partial charge is 0.276 e. The Hall–Kier alpha value is -3.32. The van der Waals surface area contributed by atoms with Crippen molar-refractivity contribution in [3.63, 3.8) is 0 Å². The number of H-pyrrole nitrogens is 1. The van der Waals surface area contributed by atoms with E-state index in [0.29, 0.717) is 33.1 Å². The number of ether oxygens (including phenoxy) is 1. The zero-order valence-electron chi connectivity index (χ0n) is 15.1. The van der Waals surface area contributed by atoms with Gasteiger partial charge in [0.05, 0.1) is 28.8 Å². The van der Waals surface area contributed by atoms with Gasteiger partial charge in [-0.2, -0.15) is 0 Å². The number of aromatic nitrogens is 4. The molecule has 0 radical (unpaired) electrons. The summed E-state index contributed by atoms with van der Waals surface area (Å²) < 4.78 is 8.72. The van der Waals surface area contributed by atoms with Gasteiger partial charge < -0.3 is 9.30 Å². The van der Waals surface area contributed by atoms with E-state index in [1.807, 2.05) is 18.2 Å². The van der Waals surface area contributed by atoms with Gasteiger partial charge in [0.1, 0.15) is 12.4 Å². The van der Waals surface area contributed by atoms with E-state index < -0.39 is 0 Å². The van der Waals surface area contributed by atoms with E-state index in [1.54, 1.807) is 37.5 Å². The van der Waals surface area contributed by atoms with Crippen LogP contribution in [0.2, 0.25) is 5.02 Å². The molecule has 0 aliphatic heterocycles. The topological polar surface area (TPSA) is 81.9 Å². The van der Waals surface area contributed by atoms with E-state index in [0.717, 1.165) is 0 Å². The third kappa shape index (κ3) is 3.44. The molecular weight excluding hydrogens is 380 g/mol. The van der Waals surface area contributed by atoms with Crippen LogP contribution in [0.1, 0.15) is 11.4 Å². The number of benzene rings is 1. The van der Waals surface area contributed by atoms with Crippen molar-refractivity contribution in [3.05, 3.63) is 91.8 Å². The fraction of sp³-hybridized carbons (Fsp3) is 0.150. The van der Waals surface area contributed by atoms with Crippen LogP contribution in [0.15, 0.2) is 64.3 Å². The number of aryl methyl sites for hydroxylation is 1. The van der Waals surface area contributed by atoms with Gasteiger partial charge in [-0.15, -0.1) is 0 Å². The molecule has 4 aromatic rings. The predicted molar refractivity (Wildman–Crippen MR) is 107 cm³/mol. The monoisotopic (exact) mass is 396 g/mol. The lowest BCUT2D eigenvalue weighted by atomic mass is 10.2. The van der Waals surface area contributed by atoms with Crippen molar-refractivity contribution in [1.82, 2.24) is 19.3 Å². The maximum atomic E-state index is 12.8. The molecule has 0 fully saturated rings. The molecule has 0 amide bonds. The van der Waals surface area contributed by atoms with Crippen molar-refractivity contribution in [2.75, 3.05) is 0 Å². The Kier molecular flexibility index (Phi) is 4.75. The molecule has 7 nitrogen and oxygen atoms in total. The quantitative estimate of drug-likeness (QED) is 0.562. The molecule has 4 rings (SSSR count). The molecule has 0 atom stereocenters. The number of nitrogens with zero attached hydrogens (tertiary/aromatic N) is 3. The Bertz CT molecular complexity index is 1240. The number of nitrogens with one attached hydrogen (secondary N) is 1. The van der Waals surface area contributed by atoms with Crippen LogP contribution in [0, 0.1) is 0 Å². The summed E-state index contributed by atoms with van der Waals surface area (Å²) in [6.45, 7) is 0.289. The average Bonchev–Trinajstić information content (AvgIpc) is 2.97. The molecular formula is C20H17ClN4O3. The van der Waals surface area contributed by atoms with Gasteiger partial charge in [-0.1, -0.05) is 17.7 Å². The third-order valence-corrected chi connectivity index (χ3v) is 4.71. The largest absolute Gasteiger partial charge is 0.487 e. The second kappa shape index (κ2) is 7.36. The van der Waals surface area contributed by atoms with Gasteiger partial charge in [0, 0.05) is 24.3 Å². The van der Waals surface area contributed by atoms with Crippen LogP contribution in [0.5, 0.6) is 5.75 Å². The number of aromatic amines is 1. The summed E-state index contributed by atoms with van der Waals surface area (Å²) in [4.78, 5) is 29.7. The summed E-state index contributed by atoms with van der Waals surface area (Å²) in [6, 6.07) is 13.8. The van der Waals surface area contributed by atoms with Crippen molar-refractivity contribution in [1.29, 1.82) is 0 Å². The molecule has 0 saturated carbocycles. The normalized spacial score (nSPS) is 11.1. The standard InChI is InChI=1S/C20H17ClN4O3/c1-24-20(27)19-16(23-24)10-18(26)25(11-14-4-2-3-9-22-14)17(19)12-28-15-7-5-13(21)6-8-15/h2-10,23H,11-12H2,1H3. The van der Waals surface area contributed by atoms with E-state index in [4.69, 9.17) is 16.3 Å². The highest BCUT2D eigenvalue weighted by Gasteiger charge is 2.17. The highest BCUT2D eigenvalue weighted by molar-refractivity contribution is 6.30. The van der Waals surface area contributed by atoms with Gasteiger partial charge >= 0.3 is 0 Å². The number of fused-ring (bicyclic) bond motifs is 1.